The molecule has 2 heterocycles. The molecular weight excluding hydrogens is 703 g/mol. The summed E-state index contributed by atoms with van der Waals surface area (Å²) in [6.07, 6.45) is 7.97. The van der Waals surface area contributed by atoms with Crippen LogP contribution in [0.1, 0.15) is 11.1 Å². The lowest BCUT2D eigenvalue weighted by molar-refractivity contribution is 0.669. The van der Waals surface area contributed by atoms with E-state index in [9.17, 15) is 0 Å². The van der Waals surface area contributed by atoms with E-state index in [0.29, 0.717) is 0 Å². The van der Waals surface area contributed by atoms with Crippen molar-refractivity contribution in [2.75, 3.05) is 0 Å². The number of hydrogen-bond acceptors (Lipinski definition) is 2. The van der Waals surface area contributed by atoms with Gasteiger partial charge in [0.25, 0.3) is 0 Å². The standard InChI is InChI=1S/C56H37NO/c1-3-4-19-40-35(2)52(38-29-28-36-18-15-32-57-49(36)33-38)41-20-8-13-25-46(41)55(40)48-26-14-27-50-56(48)47-31-30-39(34-51(47)58-50)54-44-23-11-9-21-42(44)53(37-16-6-5-7-17-37)43-22-10-12-24-45(43)54/h3-34H,1H2,2H3/b19-4-. The predicted octanol–water partition coefficient (Wildman–Crippen LogP) is 15.8. The first kappa shape index (κ1) is 33.8. The molecule has 0 aliphatic heterocycles. The summed E-state index contributed by atoms with van der Waals surface area (Å²) in [6.45, 7) is 6.29. The first-order valence-corrected chi connectivity index (χ1v) is 19.8. The van der Waals surface area contributed by atoms with Crippen LogP contribution in [0, 0.1) is 6.92 Å². The van der Waals surface area contributed by atoms with Crippen molar-refractivity contribution in [2.45, 2.75) is 6.92 Å². The van der Waals surface area contributed by atoms with Crippen molar-refractivity contribution in [1.29, 1.82) is 0 Å². The monoisotopic (exact) mass is 739 g/mol. The van der Waals surface area contributed by atoms with E-state index in [1.54, 1.807) is 0 Å². The molecule has 0 saturated heterocycles. The molecule has 0 aliphatic rings. The van der Waals surface area contributed by atoms with Crippen LogP contribution in [0.5, 0.6) is 0 Å². The maximum atomic E-state index is 6.85. The van der Waals surface area contributed by atoms with Crippen molar-refractivity contribution >= 4 is 71.2 Å². The van der Waals surface area contributed by atoms with Gasteiger partial charge in [-0.3, -0.25) is 4.98 Å². The first-order valence-electron chi connectivity index (χ1n) is 19.8. The van der Waals surface area contributed by atoms with E-state index >= 15 is 0 Å². The number of allylic oxidation sites excluding steroid dienone is 2. The smallest absolute Gasteiger partial charge is 0.136 e. The Balaban J connectivity index is 1.16. The largest absolute Gasteiger partial charge is 0.456 e. The van der Waals surface area contributed by atoms with Crippen LogP contribution < -0.4 is 0 Å². The quantitative estimate of drug-likeness (QED) is 0.125. The molecule has 2 aromatic heterocycles. The van der Waals surface area contributed by atoms with Crippen molar-refractivity contribution in [1.82, 2.24) is 4.98 Å². The number of aromatic nitrogens is 1. The Kier molecular flexibility index (Phi) is 7.91. The third-order valence-electron chi connectivity index (χ3n) is 11.9. The van der Waals surface area contributed by atoms with Crippen molar-refractivity contribution in [2.24, 2.45) is 0 Å². The minimum atomic E-state index is 0.865. The van der Waals surface area contributed by atoms with Crippen LogP contribution in [-0.4, -0.2) is 4.98 Å². The molecule has 0 amide bonds. The van der Waals surface area contributed by atoms with E-state index in [2.05, 4.69) is 183 Å². The van der Waals surface area contributed by atoms with E-state index in [1.165, 1.54) is 65.7 Å². The van der Waals surface area contributed by atoms with Gasteiger partial charge < -0.3 is 4.42 Å². The van der Waals surface area contributed by atoms with E-state index in [1.807, 2.05) is 24.4 Å². The van der Waals surface area contributed by atoms with Crippen LogP contribution >= 0.6 is 0 Å². The lowest BCUT2D eigenvalue weighted by Gasteiger charge is -2.20. The zero-order valence-electron chi connectivity index (χ0n) is 32.0. The molecule has 0 aliphatic carbocycles. The number of rotatable bonds is 6. The van der Waals surface area contributed by atoms with Gasteiger partial charge in [0.2, 0.25) is 0 Å². The number of benzene rings is 9. The molecule has 11 rings (SSSR count). The highest BCUT2D eigenvalue weighted by atomic mass is 16.3. The lowest BCUT2D eigenvalue weighted by atomic mass is 9.82. The summed E-state index contributed by atoms with van der Waals surface area (Å²) in [5.41, 5.74) is 14.6. The predicted molar refractivity (Wildman–Crippen MR) is 247 cm³/mol. The van der Waals surface area contributed by atoms with E-state index < -0.39 is 0 Å². The summed E-state index contributed by atoms with van der Waals surface area (Å²) >= 11 is 0. The molecule has 0 fully saturated rings. The Morgan fingerprint density at radius 3 is 1.78 bits per heavy atom. The molecule has 0 radical (unpaired) electrons. The molecule has 0 spiro atoms. The zero-order valence-corrected chi connectivity index (χ0v) is 32.0. The molecule has 2 nitrogen and oxygen atoms in total. The average molecular weight is 740 g/mol. The van der Waals surface area contributed by atoms with Crippen molar-refractivity contribution in [3.63, 3.8) is 0 Å². The summed E-state index contributed by atoms with van der Waals surface area (Å²) in [5, 5.41) is 10.6. The molecular formula is C56H37NO. The van der Waals surface area contributed by atoms with E-state index in [-0.39, 0.29) is 0 Å². The third-order valence-corrected chi connectivity index (χ3v) is 11.9. The maximum absolute atomic E-state index is 6.85. The van der Waals surface area contributed by atoms with Gasteiger partial charge in [0.15, 0.2) is 0 Å². The van der Waals surface area contributed by atoms with Gasteiger partial charge in [-0.2, -0.15) is 0 Å². The van der Waals surface area contributed by atoms with Crippen molar-refractivity contribution in [3.05, 3.63) is 206 Å². The van der Waals surface area contributed by atoms with Crippen molar-refractivity contribution in [3.8, 4) is 44.5 Å². The van der Waals surface area contributed by atoms with E-state index in [4.69, 9.17) is 9.40 Å². The van der Waals surface area contributed by atoms with Gasteiger partial charge in [0.1, 0.15) is 11.2 Å². The summed E-state index contributed by atoms with van der Waals surface area (Å²) in [7, 11) is 0. The highest BCUT2D eigenvalue weighted by molar-refractivity contribution is 6.23. The summed E-state index contributed by atoms with van der Waals surface area (Å²) in [6, 6.07) is 61.1. The van der Waals surface area contributed by atoms with E-state index in [0.717, 1.165) is 55.1 Å². The van der Waals surface area contributed by atoms with Gasteiger partial charge in [-0.25, -0.2) is 0 Å². The molecule has 0 bridgehead atoms. The van der Waals surface area contributed by atoms with Crippen LogP contribution in [0.15, 0.2) is 199 Å². The Hall–Kier alpha value is -7.55. The fraction of sp³-hybridized carbons (Fsp3) is 0.0179. The molecule has 0 saturated carbocycles. The number of hydrogen-bond donors (Lipinski definition) is 0. The summed E-state index contributed by atoms with van der Waals surface area (Å²) in [5.74, 6) is 0. The minimum absolute atomic E-state index is 0.865. The second-order valence-electron chi connectivity index (χ2n) is 15.0. The van der Waals surface area contributed by atoms with Crippen LogP contribution in [0.2, 0.25) is 0 Å². The molecule has 0 unspecified atom stereocenters. The van der Waals surface area contributed by atoms with Gasteiger partial charge in [-0.1, -0.05) is 164 Å². The third kappa shape index (κ3) is 5.23. The molecule has 11 aromatic rings. The van der Waals surface area contributed by atoms with Crippen LogP contribution in [-0.2, 0) is 0 Å². The normalized spacial score (nSPS) is 11.9. The van der Waals surface area contributed by atoms with Gasteiger partial charge >= 0.3 is 0 Å². The average Bonchev–Trinajstić information content (AvgIpc) is 3.66. The van der Waals surface area contributed by atoms with Gasteiger partial charge in [0, 0.05) is 22.4 Å². The molecule has 0 N–H and O–H groups in total. The fourth-order valence-electron chi connectivity index (χ4n) is 9.39. The van der Waals surface area contributed by atoms with Crippen LogP contribution in [0.4, 0.5) is 0 Å². The lowest BCUT2D eigenvalue weighted by Crippen LogP contribution is -1.96. The first-order chi connectivity index (χ1) is 28.7. The van der Waals surface area contributed by atoms with Crippen molar-refractivity contribution < 1.29 is 4.42 Å². The van der Waals surface area contributed by atoms with Crippen LogP contribution in [0.3, 0.4) is 0 Å². The molecule has 9 aromatic carbocycles. The fourth-order valence-corrected chi connectivity index (χ4v) is 9.39. The Labute approximate surface area is 336 Å². The summed E-state index contributed by atoms with van der Waals surface area (Å²) < 4.78 is 6.85. The van der Waals surface area contributed by atoms with Gasteiger partial charge in [-0.05, 0) is 125 Å². The van der Waals surface area contributed by atoms with Crippen LogP contribution in [0.25, 0.3) is 116 Å². The second kappa shape index (κ2) is 13.6. The number of furan rings is 1. The molecule has 58 heavy (non-hydrogen) atoms. The Morgan fingerprint density at radius 1 is 0.483 bits per heavy atom. The molecule has 272 valence electrons. The van der Waals surface area contributed by atoms with Gasteiger partial charge in [-0.15, -0.1) is 0 Å². The number of pyridine rings is 1. The highest BCUT2D eigenvalue weighted by Gasteiger charge is 2.23. The zero-order chi connectivity index (χ0) is 38.7. The Bertz CT molecular complexity index is 3420. The minimum Gasteiger partial charge on any atom is -0.456 e. The SMILES string of the molecule is C=C/C=C\c1c(C)c(-c2ccc3cccnc3c2)c2ccccc2c1-c1cccc2oc3cc(-c4c5ccccc5c(-c5ccccc5)c5ccccc45)ccc3c12. The topological polar surface area (TPSA) is 26.0 Å². The Morgan fingerprint density at radius 2 is 1.09 bits per heavy atom. The maximum Gasteiger partial charge on any atom is 0.136 e. The second-order valence-corrected chi connectivity index (χ2v) is 15.0. The molecule has 0 atom stereocenters. The highest BCUT2D eigenvalue weighted by Crippen LogP contribution is 2.48. The molecule has 2 heteroatoms. The summed E-state index contributed by atoms with van der Waals surface area (Å²) in [4.78, 5) is 4.71. The number of fused-ring (bicyclic) bond motifs is 7. The number of nitrogens with zero attached hydrogens (tertiary/aromatic N) is 1. The van der Waals surface area contributed by atoms with Gasteiger partial charge in [0.05, 0.1) is 5.52 Å².